The third-order valence-electron chi connectivity index (χ3n) is 1.75. The van der Waals surface area contributed by atoms with Crippen LogP contribution in [0.15, 0.2) is 30.3 Å². The van der Waals surface area contributed by atoms with Gasteiger partial charge in [0.1, 0.15) is 0 Å². The number of benzene rings is 1. The van der Waals surface area contributed by atoms with Gasteiger partial charge in [-0.05, 0) is 0 Å². The van der Waals surface area contributed by atoms with Crippen LogP contribution >= 0.6 is 0 Å². The Morgan fingerprint density at radius 2 is 1.80 bits per heavy atom. The summed E-state index contributed by atoms with van der Waals surface area (Å²) < 4.78 is 8.82. The molecule has 0 aliphatic heterocycles. The molecule has 0 aromatic heterocycles. The molecule has 0 N–H and O–H groups in total. The van der Waals surface area contributed by atoms with Gasteiger partial charge >= 0.3 is 96.9 Å². The SMILES string of the molecule is [CH3][Sn]([CH3])([CH3])[C]#CCOCc1ccccc1. The first kappa shape index (κ1) is 12.6. The van der Waals surface area contributed by atoms with Crippen molar-refractivity contribution in [3.8, 4) is 9.86 Å². The second-order valence-electron chi connectivity index (χ2n) is 4.53. The van der Waals surface area contributed by atoms with Gasteiger partial charge in [-0.3, -0.25) is 0 Å². The summed E-state index contributed by atoms with van der Waals surface area (Å²) >= 11 is -1.89. The van der Waals surface area contributed by atoms with Crippen molar-refractivity contribution in [1.82, 2.24) is 0 Å². The van der Waals surface area contributed by atoms with Crippen LogP contribution in [0, 0.1) is 9.86 Å². The Bertz CT molecular complexity index is 340. The molecule has 1 nitrogen and oxygen atoms in total. The van der Waals surface area contributed by atoms with Gasteiger partial charge in [-0.1, -0.05) is 0 Å². The standard InChI is InChI=1S/C10H9O.3CH3.Sn/c1-2-8-11-9-10-6-4-3-5-7-10;;;;/h3-7H,8-9H2;3*1H3;. The Morgan fingerprint density at radius 1 is 1.13 bits per heavy atom. The molecule has 0 saturated heterocycles. The van der Waals surface area contributed by atoms with Gasteiger partial charge in [-0.15, -0.1) is 0 Å². The molecule has 0 radical (unpaired) electrons. The van der Waals surface area contributed by atoms with Gasteiger partial charge < -0.3 is 0 Å². The molecule has 0 heterocycles. The maximum absolute atomic E-state index is 5.48. The molecular formula is C13H18OSn. The summed E-state index contributed by atoms with van der Waals surface area (Å²) in [6, 6.07) is 10.2. The van der Waals surface area contributed by atoms with Crippen molar-refractivity contribution in [3.05, 3.63) is 35.9 Å². The Labute approximate surface area is 96.7 Å². The topological polar surface area (TPSA) is 9.23 Å². The first-order valence-corrected chi connectivity index (χ1v) is 15.2. The monoisotopic (exact) mass is 310 g/mol. The van der Waals surface area contributed by atoms with Crippen molar-refractivity contribution >= 4 is 18.4 Å². The van der Waals surface area contributed by atoms with Gasteiger partial charge in [0.2, 0.25) is 0 Å². The van der Waals surface area contributed by atoms with Gasteiger partial charge in [-0.2, -0.15) is 0 Å². The summed E-state index contributed by atoms with van der Waals surface area (Å²) in [6.45, 7) is 1.22. The molecule has 0 unspecified atom stereocenters. The van der Waals surface area contributed by atoms with E-state index in [9.17, 15) is 0 Å². The maximum atomic E-state index is 5.48. The van der Waals surface area contributed by atoms with E-state index in [2.05, 4.69) is 36.8 Å². The van der Waals surface area contributed by atoms with Gasteiger partial charge in [0.15, 0.2) is 0 Å². The van der Waals surface area contributed by atoms with Crippen LogP contribution in [0.2, 0.25) is 14.8 Å². The molecule has 0 fully saturated rings. The molecule has 0 aliphatic carbocycles. The molecule has 80 valence electrons. The molecule has 0 saturated carbocycles. The number of hydrogen-bond donors (Lipinski definition) is 0. The van der Waals surface area contributed by atoms with E-state index in [0.29, 0.717) is 13.2 Å². The molecule has 15 heavy (non-hydrogen) atoms. The van der Waals surface area contributed by atoms with Crippen molar-refractivity contribution in [2.24, 2.45) is 0 Å². The second kappa shape index (κ2) is 6.19. The molecule has 1 aromatic rings. The van der Waals surface area contributed by atoms with Gasteiger partial charge in [0.25, 0.3) is 0 Å². The third-order valence-corrected chi connectivity index (χ3v) is 4.39. The van der Waals surface area contributed by atoms with Crippen LogP contribution in [0.5, 0.6) is 0 Å². The minimum absolute atomic E-state index is 0.559. The van der Waals surface area contributed by atoms with Crippen LogP contribution in [0.3, 0.4) is 0 Å². The first-order valence-electron chi connectivity index (χ1n) is 5.20. The van der Waals surface area contributed by atoms with Gasteiger partial charge in [-0.25, -0.2) is 0 Å². The van der Waals surface area contributed by atoms with Crippen LogP contribution in [0.4, 0.5) is 0 Å². The van der Waals surface area contributed by atoms with E-state index in [1.807, 2.05) is 18.2 Å². The van der Waals surface area contributed by atoms with E-state index in [-0.39, 0.29) is 0 Å². The molecule has 2 heteroatoms. The first-order chi connectivity index (χ1) is 7.08. The van der Waals surface area contributed by atoms with Crippen LogP contribution in [-0.4, -0.2) is 25.0 Å². The molecule has 0 spiro atoms. The summed E-state index contributed by atoms with van der Waals surface area (Å²) in [7, 11) is 0. The Kier molecular flexibility index (Phi) is 5.21. The zero-order valence-corrected chi connectivity index (χ0v) is 12.6. The normalized spacial score (nSPS) is 10.6. The summed E-state index contributed by atoms with van der Waals surface area (Å²) in [6.07, 6.45) is 0. The number of ether oxygens (including phenoxy) is 1. The average molecular weight is 309 g/mol. The number of rotatable bonds is 3. The summed E-state index contributed by atoms with van der Waals surface area (Å²) in [5.74, 6) is 3.12. The molecular weight excluding hydrogens is 291 g/mol. The minimum atomic E-state index is -1.89. The van der Waals surface area contributed by atoms with Crippen molar-refractivity contribution in [1.29, 1.82) is 0 Å². The molecule has 0 amide bonds. The van der Waals surface area contributed by atoms with E-state index in [1.54, 1.807) is 0 Å². The summed E-state index contributed by atoms with van der Waals surface area (Å²) in [4.78, 5) is 6.91. The quantitative estimate of drug-likeness (QED) is 0.474. The predicted molar refractivity (Wildman–Crippen MR) is 67.2 cm³/mol. The molecule has 0 bridgehead atoms. The Hall–Kier alpha value is -0.461. The second-order valence-corrected chi connectivity index (χ2v) is 18.1. The van der Waals surface area contributed by atoms with Gasteiger partial charge in [0, 0.05) is 0 Å². The Morgan fingerprint density at radius 3 is 2.40 bits per heavy atom. The van der Waals surface area contributed by atoms with Crippen molar-refractivity contribution in [2.75, 3.05) is 6.61 Å². The van der Waals surface area contributed by atoms with Crippen molar-refractivity contribution < 1.29 is 4.74 Å². The van der Waals surface area contributed by atoms with Crippen LogP contribution < -0.4 is 0 Å². The van der Waals surface area contributed by atoms with E-state index in [1.165, 1.54) is 5.56 Å². The fourth-order valence-corrected chi connectivity index (χ4v) is 2.81. The fraction of sp³-hybridized carbons (Fsp3) is 0.385. The van der Waals surface area contributed by atoms with Crippen molar-refractivity contribution in [3.63, 3.8) is 0 Å². The number of hydrogen-bond acceptors (Lipinski definition) is 1. The van der Waals surface area contributed by atoms with Crippen molar-refractivity contribution in [2.45, 2.75) is 21.4 Å². The molecule has 0 aliphatic rings. The van der Waals surface area contributed by atoms with Gasteiger partial charge in [0.05, 0.1) is 0 Å². The zero-order chi connectivity index (χ0) is 11.1. The molecule has 0 atom stereocenters. The fourth-order valence-electron chi connectivity index (χ4n) is 1.10. The van der Waals surface area contributed by atoms with Crippen LogP contribution in [-0.2, 0) is 11.3 Å². The van der Waals surface area contributed by atoms with E-state index >= 15 is 0 Å². The van der Waals surface area contributed by atoms with E-state index < -0.39 is 18.4 Å². The van der Waals surface area contributed by atoms with Crippen LogP contribution in [0.1, 0.15) is 5.56 Å². The summed E-state index contributed by atoms with van der Waals surface area (Å²) in [5.41, 5.74) is 1.21. The molecule has 1 rings (SSSR count). The Balaban J connectivity index is 2.25. The van der Waals surface area contributed by atoms with E-state index in [0.717, 1.165) is 0 Å². The van der Waals surface area contributed by atoms with Crippen LogP contribution in [0.25, 0.3) is 0 Å². The summed E-state index contributed by atoms with van der Waals surface area (Å²) in [5, 5.41) is 0. The third kappa shape index (κ3) is 6.59. The average Bonchev–Trinajstić information content (AvgIpc) is 2.17. The predicted octanol–water partition coefficient (Wildman–Crippen LogP) is 3.08. The van der Waals surface area contributed by atoms with E-state index in [4.69, 9.17) is 4.74 Å². The zero-order valence-electron chi connectivity index (χ0n) is 9.71. The molecule has 1 aromatic carbocycles.